The van der Waals surface area contributed by atoms with Crippen LogP contribution in [0.2, 0.25) is 0 Å². The standard InChI is InChI=1S/C5H5N.C4H5N.HOS.Zn/c1-2-4-6-5-3-1;1-2-4-5-3-1;1-2;/h1-5H;1-5H;2H;. The zero-order valence-corrected chi connectivity index (χ0v) is 11.6. The van der Waals surface area contributed by atoms with Gasteiger partial charge in [-0.25, -0.2) is 0 Å². The number of hydrogen-bond acceptors (Lipinski definition) is 2. The Hall–Kier alpha value is -0.637. The largest absolute Gasteiger partial charge is 0.368 e. The molecule has 0 atom stereocenters. The molecular formula is C9H11N2OSZn. The van der Waals surface area contributed by atoms with E-state index in [-0.39, 0.29) is 19.5 Å². The van der Waals surface area contributed by atoms with Crippen LogP contribution < -0.4 is 0 Å². The summed E-state index contributed by atoms with van der Waals surface area (Å²) in [5.41, 5.74) is 0. The number of hydrogen-bond donors (Lipinski definition) is 2. The van der Waals surface area contributed by atoms with E-state index in [0.29, 0.717) is 0 Å². The summed E-state index contributed by atoms with van der Waals surface area (Å²) < 4.78 is 7.94. The van der Waals surface area contributed by atoms with Crippen molar-refractivity contribution < 1.29 is 24.0 Å². The van der Waals surface area contributed by atoms with Crippen molar-refractivity contribution in [2.45, 2.75) is 0 Å². The summed E-state index contributed by atoms with van der Waals surface area (Å²) in [4.78, 5) is 6.65. The van der Waals surface area contributed by atoms with Crippen LogP contribution in [0.4, 0.5) is 0 Å². The molecule has 0 spiro atoms. The molecule has 0 aliphatic rings. The number of aromatic amines is 1. The Morgan fingerprint density at radius 1 is 0.857 bits per heavy atom. The van der Waals surface area contributed by atoms with E-state index >= 15 is 0 Å². The summed E-state index contributed by atoms with van der Waals surface area (Å²) in [6.07, 6.45) is 7.25. The summed E-state index contributed by atoms with van der Waals surface area (Å²) in [6, 6.07) is 9.60. The molecule has 0 saturated carbocycles. The number of rotatable bonds is 0. The molecule has 0 bridgehead atoms. The zero-order chi connectivity index (χ0) is 9.78. The normalized spacial score (nSPS) is 6.71. The Morgan fingerprint density at radius 3 is 1.50 bits per heavy atom. The molecular weight excluding hydrogens is 250 g/mol. The van der Waals surface area contributed by atoms with Gasteiger partial charge in [0.25, 0.3) is 0 Å². The smallest absolute Gasteiger partial charge is 0.0267 e. The van der Waals surface area contributed by atoms with Gasteiger partial charge in [-0.3, -0.25) is 4.98 Å². The van der Waals surface area contributed by atoms with Crippen LogP contribution in [0.1, 0.15) is 0 Å². The molecule has 71 valence electrons. The molecule has 3 nitrogen and oxygen atoms in total. The number of H-pyrrole nitrogens is 1. The van der Waals surface area contributed by atoms with E-state index in [1.54, 1.807) is 12.4 Å². The molecule has 2 rings (SSSR count). The molecule has 2 aromatic rings. The second kappa shape index (κ2) is 14.9. The molecule has 0 fully saturated rings. The van der Waals surface area contributed by atoms with Crippen LogP contribution in [0.3, 0.4) is 0 Å². The van der Waals surface area contributed by atoms with Gasteiger partial charge in [0.1, 0.15) is 0 Å². The van der Waals surface area contributed by atoms with Gasteiger partial charge in [0, 0.05) is 57.2 Å². The number of aromatic nitrogens is 2. The van der Waals surface area contributed by atoms with Gasteiger partial charge in [-0.1, -0.05) is 6.07 Å². The average molecular weight is 261 g/mol. The molecule has 0 aliphatic carbocycles. The third-order valence-electron chi connectivity index (χ3n) is 1.06. The molecule has 2 aromatic heterocycles. The van der Waals surface area contributed by atoms with E-state index in [1.807, 2.05) is 42.7 Å². The monoisotopic (exact) mass is 259 g/mol. The second-order valence-electron chi connectivity index (χ2n) is 1.91. The van der Waals surface area contributed by atoms with Crippen LogP contribution in [0, 0.1) is 0 Å². The van der Waals surface area contributed by atoms with Crippen LogP contribution in [0.25, 0.3) is 0 Å². The van der Waals surface area contributed by atoms with E-state index in [4.69, 9.17) is 4.55 Å². The molecule has 1 N–H and O–H groups in total. The predicted octanol–water partition coefficient (Wildman–Crippen LogP) is 2.36. The van der Waals surface area contributed by atoms with Gasteiger partial charge in [-0.05, 0) is 24.3 Å². The topological polar surface area (TPSA) is 48.6 Å². The maximum atomic E-state index is 7.94. The third kappa shape index (κ3) is 11.4. The molecule has 0 amide bonds. The minimum Gasteiger partial charge on any atom is -0.368 e. The SMILES string of the molecule is [O]S.[Zn].c1cc[nH]c1.c1ccncc1. The fourth-order valence-corrected chi connectivity index (χ4v) is 0.590. The number of nitrogens with one attached hydrogen (secondary N) is 1. The van der Waals surface area contributed by atoms with Crippen molar-refractivity contribution in [1.29, 1.82) is 0 Å². The first-order valence-corrected chi connectivity index (χ1v) is 3.97. The van der Waals surface area contributed by atoms with E-state index in [2.05, 4.69) is 22.9 Å². The summed E-state index contributed by atoms with van der Waals surface area (Å²) in [5, 5.41) is 0. The number of pyridine rings is 1. The van der Waals surface area contributed by atoms with E-state index in [1.165, 1.54) is 0 Å². The van der Waals surface area contributed by atoms with Crippen LogP contribution in [-0.4, -0.2) is 9.97 Å². The summed E-state index contributed by atoms with van der Waals surface area (Å²) in [7, 11) is 0. The molecule has 2 heterocycles. The third-order valence-corrected chi connectivity index (χ3v) is 1.06. The van der Waals surface area contributed by atoms with E-state index < -0.39 is 0 Å². The summed E-state index contributed by atoms with van der Waals surface area (Å²) >= 11 is 2.28. The van der Waals surface area contributed by atoms with Gasteiger partial charge in [0.15, 0.2) is 0 Å². The molecule has 1 radical (unpaired) electrons. The fraction of sp³-hybridized carbons (Fsp3) is 0. The molecule has 0 saturated heterocycles. The molecule has 5 heteroatoms. The molecule has 0 aliphatic heterocycles. The Labute approximate surface area is 102 Å². The van der Waals surface area contributed by atoms with Crippen molar-refractivity contribution in [2.75, 3.05) is 0 Å². The summed E-state index contributed by atoms with van der Waals surface area (Å²) in [6.45, 7) is 0. The number of nitrogens with zero attached hydrogens (tertiary/aromatic N) is 1. The average Bonchev–Trinajstić information content (AvgIpc) is 2.82. The van der Waals surface area contributed by atoms with Gasteiger partial charge in [-0.15, -0.1) is 0 Å². The zero-order valence-electron chi connectivity index (χ0n) is 7.71. The Balaban J connectivity index is 0. The Bertz CT molecular complexity index is 209. The van der Waals surface area contributed by atoms with Crippen LogP contribution in [0.15, 0.2) is 55.1 Å². The minimum absolute atomic E-state index is 0. The molecule has 14 heavy (non-hydrogen) atoms. The maximum Gasteiger partial charge on any atom is 0.0267 e. The van der Waals surface area contributed by atoms with Crippen LogP contribution in [-0.2, 0) is 24.0 Å². The van der Waals surface area contributed by atoms with Gasteiger partial charge in [0.05, 0.1) is 0 Å². The first-order valence-electron chi connectivity index (χ1n) is 3.61. The molecule has 0 aromatic carbocycles. The van der Waals surface area contributed by atoms with E-state index in [0.717, 1.165) is 0 Å². The van der Waals surface area contributed by atoms with E-state index in [9.17, 15) is 0 Å². The fourth-order valence-electron chi connectivity index (χ4n) is 0.590. The molecule has 0 unspecified atom stereocenters. The Kier molecular flexibility index (Phi) is 16.8. The first-order chi connectivity index (χ1) is 6.50. The van der Waals surface area contributed by atoms with Gasteiger partial charge < -0.3 is 4.98 Å². The van der Waals surface area contributed by atoms with Crippen molar-refractivity contribution in [1.82, 2.24) is 9.97 Å². The van der Waals surface area contributed by atoms with Crippen molar-refractivity contribution >= 4 is 12.9 Å². The predicted molar refractivity (Wildman–Crippen MR) is 54.7 cm³/mol. The van der Waals surface area contributed by atoms with Crippen molar-refractivity contribution in [3.8, 4) is 0 Å². The van der Waals surface area contributed by atoms with Gasteiger partial charge >= 0.3 is 0 Å². The second-order valence-corrected chi connectivity index (χ2v) is 1.91. The first kappa shape index (κ1) is 15.8. The van der Waals surface area contributed by atoms with Crippen molar-refractivity contribution in [2.24, 2.45) is 0 Å². The van der Waals surface area contributed by atoms with Crippen molar-refractivity contribution in [3.63, 3.8) is 0 Å². The van der Waals surface area contributed by atoms with Crippen molar-refractivity contribution in [3.05, 3.63) is 55.1 Å². The quantitative estimate of drug-likeness (QED) is 0.426. The minimum atomic E-state index is 0. The Morgan fingerprint density at radius 2 is 1.36 bits per heavy atom. The number of thiol groups is 1. The summed E-state index contributed by atoms with van der Waals surface area (Å²) in [5.74, 6) is 0. The van der Waals surface area contributed by atoms with Crippen LogP contribution in [0.5, 0.6) is 0 Å². The van der Waals surface area contributed by atoms with Gasteiger partial charge in [0.2, 0.25) is 0 Å². The van der Waals surface area contributed by atoms with Gasteiger partial charge in [-0.2, -0.15) is 4.55 Å². The maximum absolute atomic E-state index is 7.94. The van der Waals surface area contributed by atoms with Crippen LogP contribution >= 0.6 is 12.9 Å².